The Balaban J connectivity index is 2.71. The van der Waals surface area contributed by atoms with Crippen LogP contribution in [0.15, 0.2) is 18.2 Å². The lowest BCUT2D eigenvalue weighted by Crippen LogP contribution is -2.17. The summed E-state index contributed by atoms with van der Waals surface area (Å²) in [7, 11) is -3.12. The first-order chi connectivity index (χ1) is 8.34. The predicted octanol–water partition coefficient (Wildman–Crippen LogP) is 1.58. The molecule has 1 rings (SSSR count). The third-order valence-electron chi connectivity index (χ3n) is 2.28. The molecule has 18 heavy (non-hydrogen) atoms. The molecule has 0 aliphatic heterocycles. The number of rotatable bonds is 6. The molecule has 8 heteroatoms. The van der Waals surface area contributed by atoms with Crippen LogP contribution in [0, 0.1) is 15.9 Å². The molecule has 0 bridgehead atoms. The lowest BCUT2D eigenvalue weighted by atomic mass is 10.2. The highest BCUT2D eigenvalue weighted by atomic mass is 32.2. The molecule has 1 aromatic carbocycles. The van der Waals surface area contributed by atoms with Gasteiger partial charge in [-0.2, -0.15) is 0 Å². The molecule has 0 amide bonds. The Morgan fingerprint density at radius 1 is 1.39 bits per heavy atom. The molecule has 0 fully saturated rings. The highest BCUT2D eigenvalue weighted by Crippen LogP contribution is 2.19. The molecule has 0 unspecified atom stereocenters. The van der Waals surface area contributed by atoms with Crippen molar-refractivity contribution < 1.29 is 17.7 Å². The van der Waals surface area contributed by atoms with Crippen LogP contribution in [0.25, 0.3) is 0 Å². The standard InChI is InChI=1S/C10H13FN2O4S/c1-2-18(16,17)4-3-12-9-5-8(11)6-10(7-9)13(14)15/h5-7,12H,2-4H2,1H3. The topological polar surface area (TPSA) is 89.3 Å². The van der Waals surface area contributed by atoms with E-state index in [1.807, 2.05) is 0 Å². The van der Waals surface area contributed by atoms with Gasteiger partial charge in [-0.15, -0.1) is 0 Å². The van der Waals surface area contributed by atoms with Crippen molar-refractivity contribution in [3.63, 3.8) is 0 Å². The summed E-state index contributed by atoms with van der Waals surface area (Å²) in [4.78, 5) is 9.79. The van der Waals surface area contributed by atoms with E-state index in [-0.39, 0.29) is 29.4 Å². The van der Waals surface area contributed by atoms with Crippen LogP contribution in [0.4, 0.5) is 15.8 Å². The van der Waals surface area contributed by atoms with Gasteiger partial charge in [-0.25, -0.2) is 12.8 Å². The normalized spacial score (nSPS) is 11.2. The quantitative estimate of drug-likeness (QED) is 0.629. The molecule has 1 aromatic rings. The van der Waals surface area contributed by atoms with E-state index in [1.165, 1.54) is 6.92 Å². The Morgan fingerprint density at radius 2 is 2.06 bits per heavy atom. The summed E-state index contributed by atoms with van der Waals surface area (Å²) in [6, 6.07) is 3.03. The van der Waals surface area contributed by atoms with Crippen molar-refractivity contribution in [3.8, 4) is 0 Å². The Hall–Kier alpha value is -1.70. The molecular formula is C10H13FN2O4S. The SMILES string of the molecule is CCS(=O)(=O)CCNc1cc(F)cc([N+](=O)[O-])c1. The van der Waals surface area contributed by atoms with Gasteiger partial charge >= 0.3 is 0 Å². The summed E-state index contributed by atoms with van der Waals surface area (Å²) < 4.78 is 35.5. The second kappa shape index (κ2) is 5.76. The van der Waals surface area contributed by atoms with E-state index >= 15 is 0 Å². The van der Waals surface area contributed by atoms with Crippen molar-refractivity contribution in [1.29, 1.82) is 0 Å². The maximum Gasteiger partial charge on any atom is 0.274 e. The molecule has 0 aliphatic rings. The largest absolute Gasteiger partial charge is 0.384 e. The zero-order chi connectivity index (χ0) is 13.8. The van der Waals surface area contributed by atoms with Gasteiger partial charge in [0.1, 0.15) is 5.82 Å². The number of benzene rings is 1. The molecule has 0 aromatic heterocycles. The van der Waals surface area contributed by atoms with Crippen molar-refractivity contribution in [1.82, 2.24) is 0 Å². The van der Waals surface area contributed by atoms with Crippen molar-refractivity contribution >= 4 is 21.2 Å². The van der Waals surface area contributed by atoms with Gasteiger partial charge < -0.3 is 5.32 Å². The fourth-order valence-corrected chi connectivity index (χ4v) is 1.98. The van der Waals surface area contributed by atoms with Crippen LogP contribution >= 0.6 is 0 Å². The maximum atomic E-state index is 13.1. The van der Waals surface area contributed by atoms with Crippen molar-refractivity contribution in [2.45, 2.75) is 6.92 Å². The first kappa shape index (κ1) is 14.4. The molecule has 1 N–H and O–H groups in total. The Labute approximate surface area is 104 Å². The second-order valence-corrected chi connectivity index (χ2v) is 6.09. The van der Waals surface area contributed by atoms with Gasteiger partial charge in [0.25, 0.3) is 5.69 Å². The summed E-state index contributed by atoms with van der Waals surface area (Å²) in [5.74, 6) is -0.823. The second-order valence-electron chi connectivity index (χ2n) is 3.62. The van der Waals surface area contributed by atoms with Gasteiger partial charge in [0.15, 0.2) is 9.84 Å². The predicted molar refractivity (Wildman–Crippen MR) is 65.9 cm³/mol. The number of nitrogens with zero attached hydrogens (tertiary/aromatic N) is 1. The Kier molecular flexibility index (Phi) is 4.60. The van der Waals surface area contributed by atoms with E-state index in [4.69, 9.17) is 0 Å². The number of halogens is 1. The van der Waals surface area contributed by atoms with Crippen LogP contribution < -0.4 is 5.32 Å². The molecule has 0 aliphatic carbocycles. The number of nitro benzene ring substituents is 1. The summed E-state index contributed by atoms with van der Waals surface area (Å²) in [6.45, 7) is 1.61. The van der Waals surface area contributed by atoms with Gasteiger partial charge in [0, 0.05) is 24.1 Å². The monoisotopic (exact) mass is 276 g/mol. The average Bonchev–Trinajstić information content (AvgIpc) is 2.28. The van der Waals surface area contributed by atoms with E-state index in [1.54, 1.807) is 0 Å². The summed E-state index contributed by atoms with van der Waals surface area (Å²) in [6.07, 6.45) is 0. The smallest absolute Gasteiger partial charge is 0.274 e. The average molecular weight is 276 g/mol. The zero-order valence-corrected chi connectivity index (χ0v) is 10.5. The van der Waals surface area contributed by atoms with Crippen LogP contribution in [0.2, 0.25) is 0 Å². The Morgan fingerprint density at radius 3 is 2.61 bits per heavy atom. The molecule has 100 valence electrons. The first-order valence-corrected chi connectivity index (χ1v) is 7.05. The minimum absolute atomic E-state index is 0.0258. The fourth-order valence-electron chi connectivity index (χ4n) is 1.28. The first-order valence-electron chi connectivity index (χ1n) is 5.23. The Bertz CT molecular complexity index is 545. The van der Waals surface area contributed by atoms with E-state index in [0.29, 0.717) is 0 Å². The van der Waals surface area contributed by atoms with E-state index in [0.717, 1.165) is 18.2 Å². The third-order valence-corrected chi connectivity index (χ3v) is 3.98. The highest BCUT2D eigenvalue weighted by Gasteiger charge is 2.11. The fraction of sp³-hybridized carbons (Fsp3) is 0.400. The summed E-state index contributed by atoms with van der Waals surface area (Å²) >= 11 is 0. The summed E-state index contributed by atoms with van der Waals surface area (Å²) in [5.41, 5.74) is -0.191. The third kappa shape index (κ3) is 4.28. The van der Waals surface area contributed by atoms with E-state index in [2.05, 4.69) is 5.32 Å². The lowest BCUT2D eigenvalue weighted by Gasteiger charge is -2.06. The number of non-ortho nitro benzene ring substituents is 1. The number of sulfone groups is 1. The number of nitrogens with one attached hydrogen (secondary N) is 1. The van der Waals surface area contributed by atoms with Crippen LogP contribution in [-0.2, 0) is 9.84 Å². The molecule has 0 saturated carbocycles. The van der Waals surface area contributed by atoms with Crippen molar-refractivity contribution in [2.24, 2.45) is 0 Å². The maximum absolute atomic E-state index is 13.1. The van der Waals surface area contributed by atoms with Crippen LogP contribution in [-0.4, -0.2) is 31.4 Å². The zero-order valence-electron chi connectivity index (χ0n) is 9.72. The molecule has 0 saturated heterocycles. The summed E-state index contributed by atoms with van der Waals surface area (Å²) in [5, 5.41) is 13.1. The van der Waals surface area contributed by atoms with Gasteiger partial charge in [-0.1, -0.05) is 6.92 Å². The number of anilines is 1. The molecule has 0 spiro atoms. The number of hydrogen-bond donors (Lipinski definition) is 1. The van der Waals surface area contributed by atoms with Crippen molar-refractivity contribution in [3.05, 3.63) is 34.1 Å². The minimum Gasteiger partial charge on any atom is -0.384 e. The van der Waals surface area contributed by atoms with Crippen molar-refractivity contribution in [2.75, 3.05) is 23.4 Å². The van der Waals surface area contributed by atoms with Gasteiger partial charge in [-0.3, -0.25) is 10.1 Å². The highest BCUT2D eigenvalue weighted by molar-refractivity contribution is 7.91. The molecule has 6 nitrogen and oxygen atoms in total. The van der Waals surface area contributed by atoms with Crippen LogP contribution in [0.3, 0.4) is 0 Å². The number of hydrogen-bond acceptors (Lipinski definition) is 5. The van der Waals surface area contributed by atoms with E-state index in [9.17, 15) is 22.9 Å². The van der Waals surface area contributed by atoms with E-state index < -0.39 is 20.6 Å². The molecular weight excluding hydrogens is 263 g/mol. The molecule has 0 radical (unpaired) electrons. The lowest BCUT2D eigenvalue weighted by molar-refractivity contribution is -0.385. The minimum atomic E-state index is -3.12. The molecule has 0 atom stereocenters. The number of nitro groups is 1. The van der Waals surface area contributed by atoms with Gasteiger partial charge in [0.2, 0.25) is 0 Å². The van der Waals surface area contributed by atoms with Gasteiger partial charge in [-0.05, 0) is 6.07 Å². The van der Waals surface area contributed by atoms with Gasteiger partial charge in [0.05, 0.1) is 16.7 Å². The molecule has 0 heterocycles. The van der Waals surface area contributed by atoms with Crippen LogP contribution in [0.1, 0.15) is 6.92 Å². The van der Waals surface area contributed by atoms with Crippen LogP contribution in [0.5, 0.6) is 0 Å².